The summed E-state index contributed by atoms with van der Waals surface area (Å²) < 4.78 is 10.2. The number of aliphatic hydroxyl groups excluding tert-OH is 2. The molecule has 0 rings (SSSR count). The third-order valence-corrected chi connectivity index (χ3v) is 4.36. The Hall–Kier alpha value is -3.54. The average Bonchev–Trinajstić information content (AvgIpc) is 2.79. The molecule has 0 aromatic heterocycles. The predicted octanol–water partition coefficient (Wildman–Crippen LogP) is -5.13. The summed E-state index contributed by atoms with van der Waals surface area (Å²) in [6.07, 6.45) is -2.00. The van der Waals surface area contributed by atoms with E-state index in [0.29, 0.717) is 0 Å². The van der Waals surface area contributed by atoms with Crippen LogP contribution in [0, 0.1) is 0 Å². The Bertz CT molecular complexity index is 764. The van der Waals surface area contributed by atoms with E-state index in [1.54, 1.807) is 0 Å². The molecule has 17 nitrogen and oxygen atoms in total. The fraction of sp³-hybridized carbons (Fsp3) is 0.684. The number of ether oxygens (including phenoxy) is 2. The first-order valence-electron chi connectivity index (χ1n) is 10.8. The van der Waals surface area contributed by atoms with Crippen LogP contribution < -0.4 is 32.7 Å². The lowest BCUT2D eigenvalue weighted by Gasteiger charge is -2.22. The van der Waals surface area contributed by atoms with Crippen molar-refractivity contribution in [3.8, 4) is 0 Å². The van der Waals surface area contributed by atoms with Gasteiger partial charge in [0.15, 0.2) is 0 Å². The molecule has 11 N–H and O–H groups in total. The third kappa shape index (κ3) is 14.7. The molecule has 0 unspecified atom stereocenters. The number of aliphatic carboxylic acids is 1. The lowest BCUT2D eigenvalue weighted by Crippen LogP contribution is -2.57. The number of hydrogen-bond donors (Lipinski definition) is 9. The molecule has 0 saturated carbocycles. The molecule has 0 heterocycles. The second-order valence-corrected chi connectivity index (χ2v) is 7.38. The Morgan fingerprint density at radius 2 is 1.50 bits per heavy atom. The number of nitrogens with two attached hydrogens (primary N) is 2. The summed E-state index contributed by atoms with van der Waals surface area (Å²) in [6, 6.07) is -4.92. The van der Waals surface area contributed by atoms with E-state index < -0.39 is 79.5 Å². The number of primary amides is 2. The maximum absolute atomic E-state index is 12.3. The van der Waals surface area contributed by atoms with E-state index in [9.17, 15) is 33.9 Å². The Morgan fingerprint density at radius 3 is 2.03 bits per heavy atom. The first-order chi connectivity index (χ1) is 16.9. The molecule has 0 fully saturated rings. The average molecular weight is 523 g/mol. The summed E-state index contributed by atoms with van der Waals surface area (Å²) in [6.45, 7) is 0.263. The van der Waals surface area contributed by atoms with Crippen LogP contribution in [0.15, 0.2) is 0 Å². The minimum absolute atomic E-state index is 0.00264. The molecule has 0 aliphatic heterocycles. The minimum Gasteiger partial charge on any atom is -0.481 e. The van der Waals surface area contributed by atoms with Crippen LogP contribution in [-0.2, 0) is 33.4 Å². The van der Waals surface area contributed by atoms with Crippen molar-refractivity contribution in [1.29, 1.82) is 0 Å². The zero-order valence-corrected chi connectivity index (χ0v) is 19.7. The van der Waals surface area contributed by atoms with Gasteiger partial charge in [0, 0.05) is 13.0 Å². The highest BCUT2D eigenvalue weighted by Gasteiger charge is 2.27. The van der Waals surface area contributed by atoms with Crippen molar-refractivity contribution in [1.82, 2.24) is 21.3 Å². The predicted molar refractivity (Wildman–Crippen MR) is 120 cm³/mol. The summed E-state index contributed by atoms with van der Waals surface area (Å²) >= 11 is 0. The molecule has 0 aromatic carbocycles. The molecule has 0 aromatic rings. The number of carboxylic acids is 1. The Morgan fingerprint density at radius 1 is 0.889 bits per heavy atom. The molecule has 0 bridgehead atoms. The molecule has 0 aliphatic carbocycles. The Labute approximate surface area is 206 Å². The molecule has 0 spiro atoms. The van der Waals surface area contributed by atoms with Gasteiger partial charge in [-0.15, -0.1) is 0 Å². The lowest BCUT2D eigenvalue weighted by atomic mass is 10.1. The van der Waals surface area contributed by atoms with Crippen LogP contribution in [0.3, 0.4) is 0 Å². The van der Waals surface area contributed by atoms with Gasteiger partial charge in [0.1, 0.15) is 24.7 Å². The van der Waals surface area contributed by atoms with Gasteiger partial charge in [-0.05, 0) is 13.3 Å². The van der Waals surface area contributed by atoms with Crippen LogP contribution in [-0.4, -0.2) is 115 Å². The Kier molecular flexibility index (Phi) is 16.1. The number of carboxylic acid groups (broad SMARTS) is 1. The van der Waals surface area contributed by atoms with Crippen LogP contribution >= 0.6 is 0 Å². The van der Waals surface area contributed by atoms with Gasteiger partial charge in [0.25, 0.3) is 0 Å². The first kappa shape index (κ1) is 32.5. The molecule has 0 saturated heterocycles. The summed E-state index contributed by atoms with van der Waals surface area (Å²) in [5.74, 6) is -4.47. The van der Waals surface area contributed by atoms with Gasteiger partial charge < -0.3 is 57.5 Å². The maximum atomic E-state index is 12.3. The smallest absolute Gasteiger partial charge is 0.316 e. The van der Waals surface area contributed by atoms with Crippen molar-refractivity contribution in [3.05, 3.63) is 0 Å². The number of carbonyl (C=O) groups excluding carboxylic acids is 5. The molecule has 17 heteroatoms. The monoisotopic (exact) mass is 522 g/mol. The topological polar surface area (TPSA) is 282 Å². The Balaban J connectivity index is 4.28. The van der Waals surface area contributed by atoms with Crippen LogP contribution in [0.4, 0.5) is 4.79 Å². The van der Waals surface area contributed by atoms with Gasteiger partial charge in [-0.3, -0.25) is 24.0 Å². The van der Waals surface area contributed by atoms with Crippen LogP contribution in [0.25, 0.3) is 0 Å². The molecule has 0 aliphatic rings. The van der Waals surface area contributed by atoms with E-state index in [-0.39, 0.29) is 32.8 Å². The van der Waals surface area contributed by atoms with Gasteiger partial charge in [0.2, 0.25) is 23.6 Å². The van der Waals surface area contributed by atoms with Crippen LogP contribution in [0.2, 0.25) is 0 Å². The lowest BCUT2D eigenvalue weighted by molar-refractivity contribution is -0.137. The van der Waals surface area contributed by atoms with Crippen LogP contribution in [0.5, 0.6) is 0 Å². The number of nitrogens with one attached hydrogen (secondary N) is 4. The normalized spacial score (nSPS) is 14.0. The highest BCUT2D eigenvalue weighted by Crippen LogP contribution is 1.99. The SMILES string of the molecule is C[C@H](O)[C@H](NC(=O)N[C@H](CCC(=O)O)C(N)=O)C(=O)NCCOCCOCC(=O)N[C@@H](CO)C(N)=O. The van der Waals surface area contributed by atoms with Gasteiger partial charge in [-0.25, -0.2) is 4.79 Å². The second-order valence-electron chi connectivity index (χ2n) is 7.38. The molecular weight excluding hydrogens is 488 g/mol. The van der Waals surface area contributed by atoms with Gasteiger partial charge in [-0.1, -0.05) is 0 Å². The largest absolute Gasteiger partial charge is 0.481 e. The number of amides is 6. The quantitative estimate of drug-likeness (QED) is 0.0723. The van der Waals surface area contributed by atoms with E-state index in [1.165, 1.54) is 6.92 Å². The number of hydrogen-bond acceptors (Lipinski definition) is 10. The van der Waals surface area contributed by atoms with E-state index in [4.69, 9.17) is 31.2 Å². The fourth-order valence-corrected chi connectivity index (χ4v) is 2.48. The van der Waals surface area contributed by atoms with E-state index in [1.807, 2.05) is 0 Å². The molecule has 36 heavy (non-hydrogen) atoms. The van der Waals surface area contributed by atoms with Crippen LogP contribution in [0.1, 0.15) is 19.8 Å². The minimum atomic E-state index is -1.40. The number of urea groups is 1. The van der Waals surface area contributed by atoms with Crippen molar-refractivity contribution in [2.45, 2.75) is 44.0 Å². The highest BCUT2D eigenvalue weighted by molar-refractivity contribution is 5.90. The van der Waals surface area contributed by atoms with Gasteiger partial charge in [0.05, 0.1) is 32.5 Å². The second kappa shape index (κ2) is 17.8. The first-order valence-corrected chi connectivity index (χ1v) is 10.8. The summed E-state index contributed by atoms with van der Waals surface area (Å²) in [5, 5.41) is 36.3. The molecule has 6 amide bonds. The zero-order valence-electron chi connectivity index (χ0n) is 19.7. The van der Waals surface area contributed by atoms with E-state index >= 15 is 0 Å². The summed E-state index contributed by atoms with van der Waals surface area (Å²) in [5.41, 5.74) is 10.1. The number of aliphatic hydroxyl groups is 2. The maximum Gasteiger partial charge on any atom is 0.316 e. The van der Waals surface area contributed by atoms with Crippen molar-refractivity contribution < 1.29 is 53.6 Å². The fourth-order valence-electron chi connectivity index (χ4n) is 2.48. The third-order valence-electron chi connectivity index (χ3n) is 4.36. The van der Waals surface area contributed by atoms with Crippen molar-refractivity contribution in [2.75, 3.05) is 39.6 Å². The van der Waals surface area contributed by atoms with E-state index in [0.717, 1.165) is 0 Å². The number of rotatable bonds is 19. The molecular formula is C19H34N6O11. The van der Waals surface area contributed by atoms with E-state index in [2.05, 4.69) is 21.3 Å². The number of carbonyl (C=O) groups is 6. The highest BCUT2D eigenvalue weighted by atomic mass is 16.5. The van der Waals surface area contributed by atoms with Crippen molar-refractivity contribution in [3.63, 3.8) is 0 Å². The van der Waals surface area contributed by atoms with Gasteiger partial charge >= 0.3 is 12.0 Å². The molecule has 4 atom stereocenters. The molecule has 206 valence electrons. The van der Waals surface area contributed by atoms with Crippen molar-refractivity contribution >= 4 is 35.6 Å². The summed E-state index contributed by atoms with van der Waals surface area (Å²) in [4.78, 5) is 68.8. The standard InChI is InChI=1S/C19H34N6O11/c1-10(27)15(25-19(34)24-11(16(20)31)2-3-14(29)30)18(33)22-4-5-35-6-7-36-9-13(28)23-12(8-26)17(21)32/h10-12,15,26-27H,2-9H2,1H3,(H2,20,31)(H2,21,32)(H,22,33)(H,23,28)(H,29,30)(H2,24,25,34)/t10-,11+,12-,15-/m0/s1. The van der Waals surface area contributed by atoms with Crippen molar-refractivity contribution in [2.24, 2.45) is 11.5 Å². The zero-order chi connectivity index (χ0) is 27.7. The summed E-state index contributed by atoms with van der Waals surface area (Å²) in [7, 11) is 0. The molecule has 0 radical (unpaired) electrons. The van der Waals surface area contributed by atoms with Gasteiger partial charge in [-0.2, -0.15) is 0 Å².